The van der Waals surface area contributed by atoms with Gasteiger partial charge < -0.3 is 10.5 Å². The summed E-state index contributed by atoms with van der Waals surface area (Å²) in [5.74, 6) is 0.754. The van der Waals surface area contributed by atoms with Gasteiger partial charge in [0.2, 0.25) is 0 Å². The topological polar surface area (TPSA) is 38.5 Å². The molecule has 0 spiro atoms. The Bertz CT molecular complexity index is 220. The fraction of sp³-hybridized carbons (Fsp3) is 1.00. The van der Waals surface area contributed by atoms with E-state index in [0.717, 1.165) is 19.0 Å². The molecule has 2 N–H and O–H groups in total. The third kappa shape index (κ3) is 4.23. The highest BCUT2D eigenvalue weighted by Crippen LogP contribution is 2.27. The molecular weight excluding hydrogens is 212 g/mol. The van der Waals surface area contributed by atoms with Crippen molar-refractivity contribution in [1.29, 1.82) is 0 Å². The quantitative estimate of drug-likeness (QED) is 0.776. The summed E-state index contributed by atoms with van der Waals surface area (Å²) in [6.07, 6.45) is 5.27. The Morgan fingerprint density at radius 1 is 1.47 bits per heavy atom. The van der Waals surface area contributed by atoms with Gasteiger partial charge in [0.05, 0.1) is 6.10 Å². The fourth-order valence-corrected chi connectivity index (χ4v) is 2.61. The van der Waals surface area contributed by atoms with Gasteiger partial charge in [0.1, 0.15) is 0 Å². The summed E-state index contributed by atoms with van der Waals surface area (Å²) in [7, 11) is 1.82. The third-order valence-electron chi connectivity index (χ3n) is 4.17. The lowest BCUT2D eigenvalue weighted by Crippen LogP contribution is -2.56. The van der Waals surface area contributed by atoms with Crippen LogP contribution in [0.4, 0.5) is 0 Å². The number of rotatable bonds is 6. The lowest BCUT2D eigenvalue weighted by Gasteiger charge is -2.45. The monoisotopic (exact) mass is 242 g/mol. The van der Waals surface area contributed by atoms with Crippen molar-refractivity contribution in [2.45, 2.75) is 58.1 Å². The Hall–Kier alpha value is -0.120. The molecule has 1 saturated heterocycles. The zero-order valence-electron chi connectivity index (χ0n) is 12.0. The highest BCUT2D eigenvalue weighted by molar-refractivity contribution is 4.91. The first kappa shape index (κ1) is 14.9. The first-order valence-corrected chi connectivity index (χ1v) is 6.99. The third-order valence-corrected chi connectivity index (χ3v) is 4.17. The van der Waals surface area contributed by atoms with Gasteiger partial charge in [-0.2, -0.15) is 0 Å². The van der Waals surface area contributed by atoms with E-state index in [1.807, 2.05) is 7.11 Å². The number of nitrogens with two attached hydrogens (primary N) is 1. The van der Waals surface area contributed by atoms with Crippen LogP contribution in [0.5, 0.6) is 0 Å². The molecule has 0 aromatic heterocycles. The standard InChI is InChI=1S/C14H30N2O/c1-12(2)7-8-14(3,11-15)16-9-5-6-13(10-16)17-4/h12-13H,5-11,15H2,1-4H3. The van der Waals surface area contributed by atoms with E-state index in [2.05, 4.69) is 25.7 Å². The molecule has 0 bridgehead atoms. The maximum Gasteiger partial charge on any atom is 0.0698 e. The van der Waals surface area contributed by atoms with Crippen LogP contribution in [0.25, 0.3) is 0 Å². The minimum atomic E-state index is 0.154. The van der Waals surface area contributed by atoms with Crippen molar-refractivity contribution in [3.63, 3.8) is 0 Å². The summed E-state index contributed by atoms with van der Waals surface area (Å²) in [4.78, 5) is 2.55. The molecule has 0 radical (unpaired) electrons. The summed E-state index contributed by atoms with van der Waals surface area (Å²) in [6.45, 7) is 9.84. The highest BCUT2D eigenvalue weighted by atomic mass is 16.5. The van der Waals surface area contributed by atoms with E-state index >= 15 is 0 Å². The highest BCUT2D eigenvalue weighted by Gasteiger charge is 2.33. The van der Waals surface area contributed by atoms with Crippen molar-refractivity contribution < 1.29 is 4.74 Å². The van der Waals surface area contributed by atoms with Gasteiger partial charge >= 0.3 is 0 Å². The van der Waals surface area contributed by atoms with Gasteiger partial charge in [-0.3, -0.25) is 4.90 Å². The van der Waals surface area contributed by atoms with Crippen LogP contribution in [0.3, 0.4) is 0 Å². The number of likely N-dealkylation sites (tertiary alicyclic amines) is 1. The Morgan fingerprint density at radius 3 is 2.71 bits per heavy atom. The normalized spacial score (nSPS) is 26.1. The van der Waals surface area contributed by atoms with Crippen LogP contribution in [0.15, 0.2) is 0 Å². The number of methoxy groups -OCH3 is 1. The predicted molar refractivity (Wildman–Crippen MR) is 73.1 cm³/mol. The Kier molecular flexibility index (Phi) is 5.90. The van der Waals surface area contributed by atoms with E-state index < -0.39 is 0 Å². The summed E-state index contributed by atoms with van der Waals surface area (Å²) >= 11 is 0. The second-order valence-corrected chi connectivity index (χ2v) is 6.08. The summed E-state index contributed by atoms with van der Waals surface area (Å²) in [5, 5.41) is 0. The SMILES string of the molecule is COC1CCCN(C(C)(CN)CCC(C)C)C1. The molecule has 3 nitrogen and oxygen atoms in total. The van der Waals surface area contributed by atoms with Crippen molar-refractivity contribution >= 4 is 0 Å². The molecule has 0 amide bonds. The Labute approximate surface area is 107 Å². The Balaban J connectivity index is 2.57. The molecule has 2 atom stereocenters. The van der Waals surface area contributed by atoms with Crippen molar-refractivity contribution in [2.24, 2.45) is 11.7 Å². The van der Waals surface area contributed by atoms with E-state index in [1.54, 1.807) is 0 Å². The minimum absolute atomic E-state index is 0.154. The van der Waals surface area contributed by atoms with Crippen molar-refractivity contribution in [1.82, 2.24) is 4.90 Å². The van der Waals surface area contributed by atoms with Crippen LogP contribution in [0.2, 0.25) is 0 Å². The first-order valence-electron chi connectivity index (χ1n) is 6.99. The van der Waals surface area contributed by atoms with E-state index in [9.17, 15) is 0 Å². The van der Waals surface area contributed by atoms with Gasteiger partial charge in [-0.05, 0) is 45.1 Å². The van der Waals surface area contributed by atoms with E-state index in [0.29, 0.717) is 6.10 Å². The molecule has 17 heavy (non-hydrogen) atoms. The minimum Gasteiger partial charge on any atom is -0.380 e. The van der Waals surface area contributed by atoms with Crippen molar-refractivity contribution in [3.8, 4) is 0 Å². The number of piperidine rings is 1. The van der Waals surface area contributed by atoms with Crippen LogP contribution in [0, 0.1) is 5.92 Å². The maximum absolute atomic E-state index is 6.03. The molecule has 1 aliphatic heterocycles. The van der Waals surface area contributed by atoms with Crippen molar-refractivity contribution in [2.75, 3.05) is 26.7 Å². The zero-order valence-corrected chi connectivity index (χ0v) is 12.0. The average molecular weight is 242 g/mol. The first-order chi connectivity index (χ1) is 8.01. The molecule has 0 aromatic rings. The second kappa shape index (κ2) is 6.72. The molecule has 0 aromatic carbocycles. The van der Waals surface area contributed by atoms with Crippen LogP contribution in [-0.4, -0.2) is 43.3 Å². The van der Waals surface area contributed by atoms with E-state index in [4.69, 9.17) is 10.5 Å². The van der Waals surface area contributed by atoms with Gasteiger partial charge in [0.15, 0.2) is 0 Å². The molecule has 1 fully saturated rings. The maximum atomic E-state index is 6.03. The number of hydrogen-bond acceptors (Lipinski definition) is 3. The summed E-state index contributed by atoms with van der Waals surface area (Å²) in [6, 6.07) is 0. The molecule has 0 saturated carbocycles. The van der Waals surface area contributed by atoms with Crippen LogP contribution in [-0.2, 0) is 4.74 Å². The van der Waals surface area contributed by atoms with E-state index in [-0.39, 0.29) is 5.54 Å². The number of hydrogen-bond donors (Lipinski definition) is 1. The Morgan fingerprint density at radius 2 is 2.18 bits per heavy atom. The van der Waals surface area contributed by atoms with Crippen molar-refractivity contribution in [3.05, 3.63) is 0 Å². The predicted octanol–water partition coefficient (Wildman–Crippen LogP) is 2.25. The summed E-state index contributed by atoms with van der Waals surface area (Å²) < 4.78 is 5.50. The van der Waals surface area contributed by atoms with Crippen LogP contribution < -0.4 is 5.73 Å². The molecule has 102 valence electrons. The molecule has 1 rings (SSSR count). The van der Waals surface area contributed by atoms with Crippen LogP contribution in [0.1, 0.15) is 46.5 Å². The molecule has 3 heteroatoms. The van der Waals surface area contributed by atoms with Gasteiger partial charge in [0.25, 0.3) is 0 Å². The second-order valence-electron chi connectivity index (χ2n) is 6.08. The van der Waals surface area contributed by atoms with Gasteiger partial charge in [-0.15, -0.1) is 0 Å². The van der Waals surface area contributed by atoms with E-state index in [1.165, 1.54) is 32.2 Å². The lowest BCUT2D eigenvalue weighted by atomic mass is 9.88. The van der Waals surface area contributed by atoms with Gasteiger partial charge in [-0.1, -0.05) is 13.8 Å². The van der Waals surface area contributed by atoms with Crippen LogP contribution >= 0.6 is 0 Å². The van der Waals surface area contributed by atoms with Gasteiger partial charge in [0, 0.05) is 25.7 Å². The fourth-order valence-electron chi connectivity index (χ4n) is 2.61. The lowest BCUT2D eigenvalue weighted by molar-refractivity contribution is -0.0155. The smallest absolute Gasteiger partial charge is 0.0698 e. The molecule has 1 aliphatic rings. The molecule has 0 aliphatic carbocycles. The molecule has 1 heterocycles. The summed E-state index contributed by atoms with van der Waals surface area (Å²) in [5.41, 5.74) is 6.18. The van der Waals surface area contributed by atoms with Gasteiger partial charge in [-0.25, -0.2) is 0 Å². The number of ether oxygens (including phenoxy) is 1. The number of nitrogens with zero attached hydrogens (tertiary/aromatic N) is 1. The zero-order chi connectivity index (χ0) is 12.9. The molecule has 2 unspecified atom stereocenters. The largest absolute Gasteiger partial charge is 0.380 e. The average Bonchev–Trinajstić information content (AvgIpc) is 2.36. The molecular formula is C14H30N2O.